The van der Waals surface area contributed by atoms with Gasteiger partial charge in [0.1, 0.15) is 5.82 Å². The number of rotatable bonds is 4. The van der Waals surface area contributed by atoms with E-state index < -0.39 is 5.60 Å². The molecule has 1 aromatic carbocycles. The molecule has 2 aromatic rings. The molecule has 0 bridgehead atoms. The average Bonchev–Trinajstić information content (AvgIpc) is 3.16. The molecular weight excluding hydrogens is 366 g/mol. The molecule has 1 aromatic heterocycles. The van der Waals surface area contributed by atoms with E-state index in [2.05, 4.69) is 25.2 Å². The number of aryl methyl sites for hydroxylation is 1. The Morgan fingerprint density at radius 2 is 2.15 bits per heavy atom. The average molecular weight is 388 g/mol. The van der Waals surface area contributed by atoms with Gasteiger partial charge in [0.05, 0.1) is 12.3 Å². The van der Waals surface area contributed by atoms with E-state index in [-0.39, 0.29) is 5.91 Å². The minimum atomic E-state index is -1.06. The number of oxime groups is 1. The van der Waals surface area contributed by atoms with Gasteiger partial charge in [-0.15, -0.1) is 10.2 Å². The summed E-state index contributed by atoms with van der Waals surface area (Å²) in [6.07, 6.45) is 4.75. The van der Waals surface area contributed by atoms with Crippen molar-refractivity contribution in [1.29, 1.82) is 0 Å². The fourth-order valence-electron chi connectivity index (χ4n) is 3.52. The largest absolute Gasteiger partial charge is 0.379 e. The molecule has 0 aliphatic carbocycles. The number of benzene rings is 1. The first-order chi connectivity index (χ1) is 13.1. The molecular formula is C19H22ClN5O2. The van der Waals surface area contributed by atoms with Crippen molar-refractivity contribution in [1.82, 2.24) is 20.1 Å². The van der Waals surface area contributed by atoms with Crippen molar-refractivity contribution in [3.8, 4) is 0 Å². The Balaban J connectivity index is 1.41. The van der Waals surface area contributed by atoms with Gasteiger partial charge in [0.15, 0.2) is 5.82 Å². The van der Waals surface area contributed by atoms with Crippen LogP contribution in [0.5, 0.6) is 0 Å². The summed E-state index contributed by atoms with van der Waals surface area (Å²) in [5.41, 5.74) is 0.406. The summed E-state index contributed by atoms with van der Waals surface area (Å²) >= 11 is 6.23. The molecule has 0 fully saturated rings. The quantitative estimate of drug-likeness (QED) is 0.874. The summed E-state index contributed by atoms with van der Waals surface area (Å²) in [7, 11) is 0. The van der Waals surface area contributed by atoms with E-state index in [9.17, 15) is 4.79 Å². The van der Waals surface area contributed by atoms with Crippen molar-refractivity contribution in [2.45, 2.75) is 57.7 Å². The zero-order valence-corrected chi connectivity index (χ0v) is 16.0. The fourth-order valence-corrected chi connectivity index (χ4v) is 3.77. The van der Waals surface area contributed by atoms with Gasteiger partial charge in [-0.3, -0.25) is 4.79 Å². The van der Waals surface area contributed by atoms with Gasteiger partial charge in [0, 0.05) is 30.0 Å². The third kappa shape index (κ3) is 3.56. The summed E-state index contributed by atoms with van der Waals surface area (Å²) in [6, 6.07) is 7.41. The molecule has 4 rings (SSSR count). The first-order valence-electron chi connectivity index (χ1n) is 9.26. The maximum atomic E-state index is 12.8. The number of nitrogens with one attached hydrogen (secondary N) is 1. The zero-order valence-electron chi connectivity index (χ0n) is 15.2. The highest BCUT2D eigenvalue weighted by atomic mass is 35.5. The van der Waals surface area contributed by atoms with E-state index in [4.69, 9.17) is 16.4 Å². The van der Waals surface area contributed by atoms with Gasteiger partial charge in [-0.2, -0.15) is 0 Å². The lowest BCUT2D eigenvalue weighted by molar-refractivity contribution is -0.141. The first kappa shape index (κ1) is 18.0. The Labute approximate surface area is 162 Å². The Hall–Kier alpha value is -2.41. The van der Waals surface area contributed by atoms with Crippen molar-refractivity contribution < 1.29 is 9.63 Å². The van der Waals surface area contributed by atoms with E-state index in [1.165, 1.54) is 6.42 Å². The zero-order chi connectivity index (χ0) is 18.9. The number of hydrogen-bond acceptors (Lipinski definition) is 5. The van der Waals surface area contributed by atoms with Gasteiger partial charge in [0.25, 0.3) is 5.91 Å². The van der Waals surface area contributed by atoms with Crippen LogP contribution in [0.25, 0.3) is 0 Å². The third-order valence-electron chi connectivity index (χ3n) is 5.12. The Morgan fingerprint density at radius 1 is 1.30 bits per heavy atom. The molecule has 0 spiro atoms. The summed E-state index contributed by atoms with van der Waals surface area (Å²) in [5.74, 6) is 1.57. The van der Waals surface area contributed by atoms with Crippen LogP contribution in [0.4, 0.5) is 0 Å². The van der Waals surface area contributed by atoms with Gasteiger partial charge in [-0.1, -0.05) is 41.4 Å². The number of fused-ring (bicyclic) bond motifs is 1. The highest BCUT2D eigenvalue weighted by Crippen LogP contribution is 2.29. The molecule has 7 nitrogen and oxygen atoms in total. The number of halogens is 1. The second kappa shape index (κ2) is 7.31. The fraction of sp³-hybridized carbons (Fsp3) is 0.474. The van der Waals surface area contributed by atoms with Crippen LogP contribution < -0.4 is 5.32 Å². The van der Waals surface area contributed by atoms with Crippen LogP contribution in [0.3, 0.4) is 0 Å². The van der Waals surface area contributed by atoms with Gasteiger partial charge in [-0.25, -0.2) is 0 Å². The minimum Gasteiger partial charge on any atom is -0.379 e. The molecule has 0 saturated carbocycles. The molecule has 0 radical (unpaired) electrons. The summed E-state index contributed by atoms with van der Waals surface area (Å²) in [6.45, 7) is 2.97. The van der Waals surface area contributed by atoms with Crippen LogP contribution >= 0.6 is 11.6 Å². The predicted octanol–water partition coefficient (Wildman–Crippen LogP) is 2.86. The Morgan fingerprint density at radius 3 is 3.00 bits per heavy atom. The molecule has 1 unspecified atom stereocenters. The van der Waals surface area contributed by atoms with Crippen molar-refractivity contribution in [2.75, 3.05) is 0 Å². The van der Waals surface area contributed by atoms with E-state index in [0.717, 1.165) is 43.0 Å². The van der Waals surface area contributed by atoms with Crippen molar-refractivity contribution in [3.63, 3.8) is 0 Å². The van der Waals surface area contributed by atoms with Crippen LogP contribution in [0.1, 0.15) is 49.8 Å². The van der Waals surface area contributed by atoms with Crippen molar-refractivity contribution >= 4 is 23.2 Å². The maximum Gasteiger partial charge on any atom is 0.267 e. The molecule has 1 atom stereocenters. The molecule has 2 aliphatic rings. The lowest BCUT2D eigenvalue weighted by Gasteiger charge is -2.20. The number of aromatic nitrogens is 3. The smallest absolute Gasteiger partial charge is 0.267 e. The molecule has 1 N–H and O–H groups in total. The monoisotopic (exact) mass is 387 g/mol. The number of amides is 1. The molecule has 2 aliphatic heterocycles. The number of nitrogens with zero attached hydrogens (tertiary/aromatic N) is 4. The number of hydrogen-bond donors (Lipinski definition) is 1. The Kier molecular flexibility index (Phi) is 4.86. The lowest BCUT2D eigenvalue weighted by Crippen LogP contribution is -2.44. The standard InChI is InChI=1S/C19H22ClN5O2/c1-19(11-15(24-27-19)13-7-4-5-8-14(13)20)18(26)21-12-17-23-22-16-9-3-2-6-10-25(16)17/h4-5,7-8H,2-3,6,9-12H2,1H3,(H,21,26). The number of carbonyl (C=O) groups is 1. The van der Waals surface area contributed by atoms with Gasteiger partial charge in [-0.05, 0) is 25.8 Å². The van der Waals surface area contributed by atoms with E-state index >= 15 is 0 Å². The van der Waals surface area contributed by atoms with Gasteiger partial charge >= 0.3 is 0 Å². The van der Waals surface area contributed by atoms with E-state index in [1.54, 1.807) is 13.0 Å². The third-order valence-corrected chi connectivity index (χ3v) is 5.45. The van der Waals surface area contributed by atoms with Crippen LogP contribution in [0, 0.1) is 0 Å². The predicted molar refractivity (Wildman–Crippen MR) is 102 cm³/mol. The highest BCUT2D eigenvalue weighted by Gasteiger charge is 2.42. The van der Waals surface area contributed by atoms with Crippen LogP contribution in [0.15, 0.2) is 29.4 Å². The van der Waals surface area contributed by atoms with Crippen molar-refractivity contribution in [2.24, 2.45) is 5.16 Å². The normalized spacial score (nSPS) is 21.8. The highest BCUT2D eigenvalue weighted by molar-refractivity contribution is 6.34. The maximum absolute atomic E-state index is 12.8. The molecule has 0 saturated heterocycles. The topological polar surface area (TPSA) is 81.4 Å². The molecule has 1 amide bonds. The summed E-state index contributed by atoms with van der Waals surface area (Å²) in [5, 5.41) is 16.1. The second-order valence-electron chi connectivity index (χ2n) is 7.19. The number of carbonyl (C=O) groups excluding carboxylic acids is 1. The van der Waals surface area contributed by atoms with E-state index in [1.807, 2.05) is 18.2 Å². The van der Waals surface area contributed by atoms with Crippen molar-refractivity contribution in [3.05, 3.63) is 46.5 Å². The van der Waals surface area contributed by atoms with Crippen LogP contribution in [-0.4, -0.2) is 32.0 Å². The van der Waals surface area contributed by atoms with Gasteiger partial charge < -0.3 is 14.7 Å². The molecule has 142 valence electrons. The van der Waals surface area contributed by atoms with Gasteiger partial charge in [0.2, 0.25) is 5.60 Å². The second-order valence-corrected chi connectivity index (χ2v) is 7.60. The van der Waals surface area contributed by atoms with E-state index in [0.29, 0.717) is 23.7 Å². The lowest BCUT2D eigenvalue weighted by atomic mass is 9.95. The molecule has 3 heterocycles. The molecule has 27 heavy (non-hydrogen) atoms. The first-order valence-corrected chi connectivity index (χ1v) is 9.64. The minimum absolute atomic E-state index is 0.223. The van der Waals surface area contributed by atoms with Crippen LogP contribution in [0.2, 0.25) is 5.02 Å². The van der Waals surface area contributed by atoms with Crippen LogP contribution in [-0.2, 0) is 29.1 Å². The summed E-state index contributed by atoms with van der Waals surface area (Å²) in [4.78, 5) is 18.3. The Bertz CT molecular complexity index is 894. The molecule has 8 heteroatoms. The summed E-state index contributed by atoms with van der Waals surface area (Å²) < 4.78 is 2.12. The SMILES string of the molecule is CC1(C(=O)NCc2nnc3n2CCCCC3)CC(c2ccccc2Cl)=NO1.